The number of unbranched alkanes of at least 4 members (excludes halogenated alkanes) is 3. The lowest BCUT2D eigenvalue weighted by molar-refractivity contribution is -0.114. The molecule has 144 valence electrons. The Morgan fingerprint density at radius 3 is 2.56 bits per heavy atom. The number of anilines is 1. The zero-order valence-electron chi connectivity index (χ0n) is 16.1. The first-order valence-electron chi connectivity index (χ1n) is 9.36. The van der Waals surface area contributed by atoms with Crippen molar-refractivity contribution in [1.82, 2.24) is 0 Å². The van der Waals surface area contributed by atoms with Gasteiger partial charge in [0, 0.05) is 10.4 Å². The van der Waals surface area contributed by atoms with Gasteiger partial charge in [-0.05, 0) is 31.0 Å². The van der Waals surface area contributed by atoms with E-state index in [2.05, 4.69) is 23.3 Å². The molecule has 0 radical (unpaired) electrons. The molecule has 5 nitrogen and oxygen atoms in total. The number of carbonyl (C=O) groups excluding carboxylic acids is 1. The highest BCUT2D eigenvalue weighted by molar-refractivity contribution is 7.16. The monoisotopic (exact) mass is 386 g/mol. The Balaban J connectivity index is 2.01. The number of carbonyl (C=O) groups is 1. The first kappa shape index (κ1) is 19.4. The first-order valence-corrected chi connectivity index (χ1v) is 10.2. The number of hydrogen-bond donors (Lipinski definition) is 1. The van der Waals surface area contributed by atoms with Crippen molar-refractivity contribution in [3.05, 3.63) is 40.3 Å². The van der Waals surface area contributed by atoms with Crippen LogP contribution in [0.3, 0.4) is 0 Å². The van der Waals surface area contributed by atoms with Crippen LogP contribution in [0.2, 0.25) is 0 Å². The third-order valence-electron chi connectivity index (χ3n) is 4.61. The van der Waals surface area contributed by atoms with Crippen LogP contribution < -0.4 is 14.8 Å². The fourth-order valence-corrected chi connectivity index (χ4v) is 4.38. The largest absolute Gasteiger partial charge is 0.496 e. The van der Waals surface area contributed by atoms with E-state index in [0.717, 1.165) is 34.7 Å². The highest BCUT2D eigenvalue weighted by atomic mass is 32.1. The van der Waals surface area contributed by atoms with Crippen LogP contribution in [-0.4, -0.2) is 32.4 Å². The van der Waals surface area contributed by atoms with Gasteiger partial charge in [0.1, 0.15) is 23.0 Å². The Morgan fingerprint density at radius 1 is 1.15 bits per heavy atom. The fraction of sp³-hybridized carbons (Fsp3) is 0.429. The van der Waals surface area contributed by atoms with E-state index in [9.17, 15) is 4.79 Å². The molecule has 0 saturated heterocycles. The number of aliphatic imine (C=N–C) groups is 1. The van der Waals surface area contributed by atoms with Crippen molar-refractivity contribution in [3.63, 3.8) is 0 Å². The molecule has 1 aromatic carbocycles. The number of thiophene rings is 1. The number of nitrogens with one attached hydrogen (secondary N) is 1. The summed E-state index contributed by atoms with van der Waals surface area (Å²) in [4.78, 5) is 18.0. The van der Waals surface area contributed by atoms with E-state index < -0.39 is 0 Å². The molecular weight excluding hydrogens is 360 g/mol. The summed E-state index contributed by atoms with van der Waals surface area (Å²) >= 11 is 1.64. The predicted molar refractivity (Wildman–Crippen MR) is 111 cm³/mol. The summed E-state index contributed by atoms with van der Waals surface area (Å²) in [5, 5.41) is 3.86. The van der Waals surface area contributed by atoms with Crippen molar-refractivity contribution in [3.8, 4) is 11.5 Å². The number of rotatable bonds is 8. The minimum Gasteiger partial charge on any atom is -0.496 e. The number of fused-ring (bicyclic) bond motifs is 1. The summed E-state index contributed by atoms with van der Waals surface area (Å²) in [6.45, 7) is 2.30. The lowest BCUT2D eigenvalue weighted by Gasteiger charge is -2.14. The molecule has 0 fully saturated rings. The number of hydrogen-bond acceptors (Lipinski definition) is 5. The summed E-state index contributed by atoms with van der Waals surface area (Å²) in [5.74, 6) is 1.27. The zero-order valence-corrected chi connectivity index (χ0v) is 16.9. The molecule has 0 atom stereocenters. The predicted octanol–water partition coefficient (Wildman–Crippen LogP) is 4.68. The minimum atomic E-state index is -0.0977. The van der Waals surface area contributed by atoms with Crippen LogP contribution in [0.15, 0.2) is 29.3 Å². The normalized spacial score (nSPS) is 13.4. The second-order valence-electron chi connectivity index (χ2n) is 6.52. The summed E-state index contributed by atoms with van der Waals surface area (Å²) in [6.07, 6.45) is 5.89. The average molecular weight is 387 g/mol. The number of aryl methyl sites for hydroxylation is 1. The SMILES string of the molecule is CCCCCCc1cc2c(s1)NC(=O)CN=C2c1c(OC)cccc1OC. The summed E-state index contributed by atoms with van der Waals surface area (Å²) in [5.41, 5.74) is 2.48. The summed E-state index contributed by atoms with van der Waals surface area (Å²) in [6, 6.07) is 7.81. The van der Waals surface area contributed by atoms with Gasteiger partial charge in [0.15, 0.2) is 0 Å². The molecule has 3 rings (SSSR count). The number of nitrogens with zero attached hydrogens (tertiary/aromatic N) is 1. The Morgan fingerprint density at radius 2 is 1.89 bits per heavy atom. The van der Waals surface area contributed by atoms with Gasteiger partial charge >= 0.3 is 0 Å². The second-order valence-corrected chi connectivity index (χ2v) is 7.65. The molecule has 2 heterocycles. The van der Waals surface area contributed by atoms with Crippen molar-refractivity contribution in [2.24, 2.45) is 4.99 Å². The van der Waals surface area contributed by atoms with Crippen molar-refractivity contribution < 1.29 is 14.3 Å². The number of ether oxygens (including phenoxy) is 2. The van der Waals surface area contributed by atoms with Gasteiger partial charge in [0.05, 0.1) is 25.5 Å². The van der Waals surface area contributed by atoms with E-state index in [1.165, 1.54) is 24.1 Å². The molecule has 1 amide bonds. The van der Waals surface area contributed by atoms with Crippen molar-refractivity contribution in [2.45, 2.75) is 39.0 Å². The minimum absolute atomic E-state index is 0.0871. The molecule has 1 aliphatic heterocycles. The number of methoxy groups -OCH3 is 2. The van der Waals surface area contributed by atoms with Gasteiger partial charge in [0.25, 0.3) is 0 Å². The Bertz CT molecular complexity index is 820. The van der Waals surface area contributed by atoms with Crippen LogP contribution in [0.25, 0.3) is 0 Å². The molecule has 1 aromatic heterocycles. The Kier molecular flexibility index (Phi) is 6.50. The van der Waals surface area contributed by atoms with E-state index in [0.29, 0.717) is 11.5 Å². The Labute approximate surface area is 164 Å². The van der Waals surface area contributed by atoms with Gasteiger partial charge in [-0.1, -0.05) is 32.3 Å². The van der Waals surface area contributed by atoms with Gasteiger partial charge in [-0.25, -0.2) is 0 Å². The van der Waals surface area contributed by atoms with Gasteiger partial charge < -0.3 is 14.8 Å². The van der Waals surface area contributed by atoms with Gasteiger partial charge in [-0.3, -0.25) is 9.79 Å². The van der Waals surface area contributed by atoms with E-state index in [4.69, 9.17) is 9.47 Å². The smallest absolute Gasteiger partial charge is 0.246 e. The van der Waals surface area contributed by atoms with Gasteiger partial charge in [-0.2, -0.15) is 0 Å². The van der Waals surface area contributed by atoms with Gasteiger partial charge in [0.2, 0.25) is 5.91 Å². The molecular formula is C21H26N2O3S. The average Bonchev–Trinajstić information content (AvgIpc) is 3.00. The quantitative estimate of drug-likeness (QED) is 0.670. The maximum Gasteiger partial charge on any atom is 0.246 e. The van der Waals surface area contributed by atoms with Crippen LogP contribution in [0.1, 0.15) is 48.6 Å². The number of amides is 1. The molecule has 0 saturated carbocycles. The molecule has 0 aliphatic carbocycles. The topological polar surface area (TPSA) is 59.9 Å². The van der Waals surface area contributed by atoms with Gasteiger partial charge in [-0.15, -0.1) is 11.3 Å². The molecule has 0 spiro atoms. The molecule has 27 heavy (non-hydrogen) atoms. The highest BCUT2D eigenvalue weighted by Gasteiger charge is 2.25. The highest BCUT2D eigenvalue weighted by Crippen LogP contribution is 2.38. The second kappa shape index (κ2) is 9.04. The molecule has 0 unspecified atom stereocenters. The molecule has 1 aliphatic rings. The summed E-state index contributed by atoms with van der Waals surface area (Å²) in [7, 11) is 3.26. The zero-order chi connectivity index (χ0) is 19.2. The molecule has 1 N–H and O–H groups in total. The van der Waals surface area contributed by atoms with Crippen LogP contribution in [0.5, 0.6) is 11.5 Å². The fourth-order valence-electron chi connectivity index (χ4n) is 3.26. The van der Waals surface area contributed by atoms with Crippen LogP contribution in [0, 0.1) is 0 Å². The lowest BCUT2D eigenvalue weighted by Crippen LogP contribution is -2.12. The third-order valence-corrected chi connectivity index (χ3v) is 5.72. The first-order chi connectivity index (χ1) is 13.2. The molecule has 0 bridgehead atoms. The summed E-state index contributed by atoms with van der Waals surface area (Å²) < 4.78 is 11.1. The van der Waals surface area contributed by atoms with E-state index in [1.807, 2.05) is 18.2 Å². The van der Waals surface area contributed by atoms with Crippen LogP contribution in [0.4, 0.5) is 5.00 Å². The van der Waals surface area contributed by atoms with Crippen molar-refractivity contribution in [1.29, 1.82) is 0 Å². The maximum atomic E-state index is 12.2. The standard InChI is InChI=1S/C21H26N2O3S/c1-4-5-6-7-9-14-12-15-20(22-13-18(24)23-21(15)27-14)19-16(25-2)10-8-11-17(19)26-3/h8,10-12H,4-7,9,13H2,1-3H3,(H,23,24). The lowest BCUT2D eigenvalue weighted by atomic mass is 10.0. The van der Waals surface area contributed by atoms with E-state index >= 15 is 0 Å². The van der Waals surface area contributed by atoms with Crippen LogP contribution in [-0.2, 0) is 11.2 Å². The molecule has 6 heteroatoms. The third kappa shape index (κ3) is 4.33. The number of benzene rings is 1. The van der Waals surface area contributed by atoms with E-state index in [-0.39, 0.29) is 12.5 Å². The molecule has 2 aromatic rings. The Hall–Kier alpha value is -2.34. The van der Waals surface area contributed by atoms with Crippen molar-refractivity contribution in [2.75, 3.05) is 26.1 Å². The van der Waals surface area contributed by atoms with E-state index in [1.54, 1.807) is 25.6 Å². The maximum absolute atomic E-state index is 12.2. The van der Waals surface area contributed by atoms with Crippen molar-refractivity contribution >= 4 is 28.0 Å². The van der Waals surface area contributed by atoms with Crippen LogP contribution >= 0.6 is 11.3 Å².